The molecule has 1 aromatic heterocycles. The van der Waals surface area contributed by atoms with Crippen LogP contribution in [-0.4, -0.2) is 48.9 Å². The number of nitrogens with zero attached hydrogens (tertiary/aromatic N) is 2. The molecule has 6 heteroatoms. The van der Waals surface area contributed by atoms with Crippen molar-refractivity contribution in [3.8, 4) is 0 Å². The largest absolute Gasteiger partial charge is 0.351 e. The van der Waals surface area contributed by atoms with Gasteiger partial charge in [-0.1, -0.05) is 17.7 Å². The lowest BCUT2D eigenvalue weighted by Gasteiger charge is -2.10. The van der Waals surface area contributed by atoms with Crippen molar-refractivity contribution in [3.05, 3.63) is 59.4 Å². The second-order valence-corrected chi connectivity index (χ2v) is 6.16. The van der Waals surface area contributed by atoms with Gasteiger partial charge in [0.1, 0.15) is 5.69 Å². The van der Waals surface area contributed by atoms with Crippen LogP contribution in [0.4, 0.5) is 5.69 Å². The fraction of sp³-hybridized carbons (Fsp3) is 0.316. The number of rotatable bonds is 7. The summed E-state index contributed by atoms with van der Waals surface area (Å²) in [6.07, 6.45) is 2.32. The highest BCUT2D eigenvalue weighted by atomic mass is 16.2. The molecule has 2 N–H and O–H groups in total. The van der Waals surface area contributed by atoms with Crippen LogP contribution in [0, 0.1) is 6.92 Å². The van der Waals surface area contributed by atoms with E-state index in [4.69, 9.17) is 0 Å². The second kappa shape index (κ2) is 8.94. The number of aryl methyl sites for hydroxylation is 1. The van der Waals surface area contributed by atoms with Gasteiger partial charge in [0.25, 0.3) is 11.8 Å². The first-order valence-corrected chi connectivity index (χ1v) is 8.22. The van der Waals surface area contributed by atoms with Gasteiger partial charge in [-0.15, -0.1) is 0 Å². The molecule has 2 amide bonds. The Hall–Kier alpha value is -2.73. The number of hydrogen-bond acceptors (Lipinski definition) is 4. The summed E-state index contributed by atoms with van der Waals surface area (Å²) in [6.45, 7) is 3.45. The maximum atomic E-state index is 12.3. The fourth-order valence-electron chi connectivity index (χ4n) is 2.22. The van der Waals surface area contributed by atoms with E-state index < -0.39 is 0 Å². The van der Waals surface area contributed by atoms with E-state index in [9.17, 15) is 9.59 Å². The van der Waals surface area contributed by atoms with Crippen LogP contribution in [-0.2, 0) is 0 Å². The molecule has 1 heterocycles. The predicted octanol–water partition coefficient (Wildman–Crippen LogP) is 2.32. The molecule has 0 saturated heterocycles. The van der Waals surface area contributed by atoms with Crippen molar-refractivity contribution in [3.63, 3.8) is 0 Å². The van der Waals surface area contributed by atoms with Crippen molar-refractivity contribution < 1.29 is 9.59 Å². The van der Waals surface area contributed by atoms with Gasteiger partial charge in [-0.25, -0.2) is 0 Å². The van der Waals surface area contributed by atoms with Crippen LogP contribution >= 0.6 is 0 Å². The third-order valence-corrected chi connectivity index (χ3v) is 3.63. The molecule has 2 aromatic rings. The first-order chi connectivity index (χ1) is 12.0. The standard InChI is InChI=1S/C19H24N4O2/c1-14-5-7-16(8-6-14)22-18(24)15-9-11-20-17(13-15)19(25)21-10-4-12-23(2)3/h5-9,11,13H,4,10,12H2,1-3H3,(H,21,25)(H,22,24). The maximum absolute atomic E-state index is 12.3. The average molecular weight is 340 g/mol. The molecule has 0 aliphatic rings. The van der Waals surface area contributed by atoms with Gasteiger partial charge in [0.2, 0.25) is 0 Å². The molecule has 25 heavy (non-hydrogen) atoms. The molecule has 132 valence electrons. The molecular weight excluding hydrogens is 316 g/mol. The number of benzene rings is 1. The minimum absolute atomic E-state index is 0.237. The molecule has 2 rings (SSSR count). The third kappa shape index (κ3) is 6.00. The molecule has 0 radical (unpaired) electrons. The zero-order valence-electron chi connectivity index (χ0n) is 14.9. The summed E-state index contributed by atoms with van der Waals surface area (Å²) in [4.78, 5) is 30.6. The Kier molecular flexibility index (Phi) is 6.65. The lowest BCUT2D eigenvalue weighted by molar-refractivity contribution is 0.0947. The molecule has 0 unspecified atom stereocenters. The molecule has 0 bridgehead atoms. The van der Waals surface area contributed by atoms with Gasteiger partial charge in [0.05, 0.1) is 0 Å². The first-order valence-electron chi connectivity index (χ1n) is 8.22. The highest BCUT2D eigenvalue weighted by molar-refractivity contribution is 6.05. The number of aromatic nitrogens is 1. The minimum Gasteiger partial charge on any atom is -0.351 e. The Bertz CT molecular complexity index is 726. The Balaban J connectivity index is 1.96. The monoisotopic (exact) mass is 340 g/mol. The van der Waals surface area contributed by atoms with Gasteiger partial charge in [-0.05, 0) is 58.3 Å². The van der Waals surface area contributed by atoms with Crippen molar-refractivity contribution >= 4 is 17.5 Å². The topological polar surface area (TPSA) is 74.3 Å². The maximum Gasteiger partial charge on any atom is 0.269 e. The molecule has 1 aromatic carbocycles. The summed E-state index contributed by atoms with van der Waals surface area (Å²) < 4.78 is 0. The zero-order valence-corrected chi connectivity index (χ0v) is 14.9. The number of anilines is 1. The quantitative estimate of drug-likeness (QED) is 0.759. The van der Waals surface area contributed by atoms with Gasteiger partial charge in [-0.3, -0.25) is 14.6 Å². The fourth-order valence-corrected chi connectivity index (χ4v) is 2.22. The molecular formula is C19H24N4O2. The van der Waals surface area contributed by atoms with Crippen LogP contribution in [0.25, 0.3) is 0 Å². The predicted molar refractivity (Wildman–Crippen MR) is 98.9 cm³/mol. The Morgan fingerprint density at radius 1 is 1.08 bits per heavy atom. The molecule has 0 fully saturated rings. The second-order valence-electron chi connectivity index (χ2n) is 6.16. The van der Waals surface area contributed by atoms with E-state index in [1.165, 1.54) is 12.3 Å². The van der Waals surface area contributed by atoms with Crippen LogP contribution in [0.5, 0.6) is 0 Å². The van der Waals surface area contributed by atoms with Crippen molar-refractivity contribution in [1.29, 1.82) is 0 Å². The van der Waals surface area contributed by atoms with Crippen molar-refractivity contribution in [1.82, 2.24) is 15.2 Å². The third-order valence-electron chi connectivity index (χ3n) is 3.63. The lowest BCUT2D eigenvalue weighted by atomic mass is 10.2. The number of carbonyl (C=O) groups is 2. The summed E-state index contributed by atoms with van der Waals surface area (Å²) >= 11 is 0. The highest BCUT2D eigenvalue weighted by Crippen LogP contribution is 2.11. The van der Waals surface area contributed by atoms with E-state index in [2.05, 4.69) is 20.5 Å². The number of amides is 2. The van der Waals surface area contributed by atoms with Gasteiger partial charge >= 0.3 is 0 Å². The summed E-state index contributed by atoms with van der Waals surface area (Å²) in [7, 11) is 3.97. The van der Waals surface area contributed by atoms with E-state index in [1.54, 1.807) is 6.07 Å². The van der Waals surface area contributed by atoms with Crippen LogP contribution in [0.2, 0.25) is 0 Å². The Morgan fingerprint density at radius 2 is 1.80 bits per heavy atom. The Morgan fingerprint density at radius 3 is 2.48 bits per heavy atom. The number of pyridine rings is 1. The van der Waals surface area contributed by atoms with Crippen molar-refractivity contribution in [2.45, 2.75) is 13.3 Å². The van der Waals surface area contributed by atoms with Gasteiger partial charge in [0, 0.05) is 24.0 Å². The average Bonchev–Trinajstić information content (AvgIpc) is 2.60. The number of carbonyl (C=O) groups excluding carboxylic acids is 2. The minimum atomic E-state index is -0.274. The van der Waals surface area contributed by atoms with Crippen LogP contribution < -0.4 is 10.6 Å². The molecule has 0 spiro atoms. The zero-order chi connectivity index (χ0) is 18.2. The highest BCUT2D eigenvalue weighted by Gasteiger charge is 2.12. The van der Waals surface area contributed by atoms with Crippen molar-refractivity contribution in [2.24, 2.45) is 0 Å². The summed E-state index contributed by atoms with van der Waals surface area (Å²) in [5.74, 6) is -0.545. The molecule has 0 aliphatic heterocycles. The van der Waals surface area contributed by atoms with E-state index in [0.29, 0.717) is 17.8 Å². The Labute approximate surface area is 148 Å². The van der Waals surface area contributed by atoms with Crippen LogP contribution in [0.1, 0.15) is 32.8 Å². The van der Waals surface area contributed by atoms with Gasteiger partial charge in [0.15, 0.2) is 0 Å². The number of nitrogens with one attached hydrogen (secondary N) is 2. The number of hydrogen-bond donors (Lipinski definition) is 2. The van der Waals surface area contributed by atoms with Gasteiger partial charge < -0.3 is 15.5 Å². The van der Waals surface area contributed by atoms with E-state index in [-0.39, 0.29) is 17.5 Å². The normalized spacial score (nSPS) is 10.6. The smallest absolute Gasteiger partial charge is 0.269 e. The van der Waals surface area contributed by atoms with Gasteiger partial charge in [-0.2, -0.15) is 0 Å². The van der Waals surface area contributed by atoms with E-state index >= 15 is 0 Å². The molecule has 0 saturated carbocycles. The summed E-state index contributed by atoms with van der Waals surface area (Å²) in [5, 5.41) is 5.63. The molecule has 0 atom stereocenters. The van der Waals surface area contributed by atoms with E-state index in [0.717, 1.165) is 18.5 Å². The molecule has 6 nitrogen and oxygen atoms in total. The van der Waals surface area contributed by atoms with Crippen molar-refractivity contribution in [2.75, 3.05) is 32.5 Å². The molecule has 0 aliphatic carbocycles. The first kappa shape index (κ1) is 18.6. The van der Waals surface area contributed by atoms with Crippen LogP contribution in [0.3, 0.4) is 0 Å². The summed E-state index contributed by atoms with van der Waals surface area (Å²) in [6, 6.07) is 10.6. The SMILES string of the molecule is Cc1ccc(NC(=O)c2ccnc(C(=O)NCCCN(C)C)c2)cc1. The van der Waals surface area contributed by atoms with Crippen LogP contribution in [0.15, 0.2) is 42.6 Å². The lowest BCUT2D eigenvalue weighted by Crippen LogP contribution is -2.28. The van der Waals surface area contributed by atoms with E-state index in [1.807, 2.05) is 45.3 Å². The summed E-state index contributed by atoms with van der Waals surface area (Å²) in [5.41, 5.74) is 2.47.